The van der Waals surface area contributed by atoms with Crippen molar-refractivity contribution in [2.24, 2.45) is 0 Å². The van der Waals surface area contributed by atoms with Gasteiger partial charge >= 0.3 is 0 Å². The molecule has 0 spiro atoms. The molecule has 0 bridgehead atoms. The molecule has 2 aromatic carbocycles. The first-order valence-corrected chi connectivity index (χ1v) is 8.54. The molecule has 0 fully saturated rings. The van der Waals surface area contributed by atoms with E-state index in [2.05, 4.69) is 19.1 Å². The highest BCUT2D eigenvalue weighted by molar-refractivity contribution is 5.97. The number of pyridine rings is 1. The highest BCUT2D eigenvalue weighted by Crippen LogP contribution is 2.35. The Morgan fingerprint density at radius 3 is 2.20 bits per heavy atom. The molecule has 0 unspecified atom stereocenters. The van der Waals surface area contributed by atoms with Crippen LogP contribution in [0, 0.1) is 0 Å². The number of methoxy groups -OCH3 is 2. The van der Waals surface area contributed by atoms with Crippen LogP contribution in [0.25, 0.3) is 21.9 Å². The highest BCUT2D eigenvalue weighted by Gasteiger charge is 2.15. The molecule has 0 aliphatic carbocycles. The van der Waals surface area contributed by atoms with E-state index in [0.717, 1.165) is 29.4 Å². The Labute approximate surface area is 147 Å². The zero-order chi connectivity index (χ0) is 17.8. The first-order valence-electron chi connectivity index (χ1n) is 8.54. The van der Waals surface area contributed by atoms with Crippen LogP contribution in [-0.4, -0.2) is 18.8 Å². The molecule has 4 heteroatoms. The monoisotopic (exact) mass is 337 g/mol. The van der Waals surface area contributed by atoms with E-state index in [9.17, 15) is 4.79 Å². The predicted molar refractivity (Wildman–Crippen MR) is 102 cm³/mol. The maximum atomic E-state index is 13.0. The third kappa shape index (κ3) is 3.25. The Balaban J connectivity index is 2.35. The summed E-state index contributed by atoms with van der Waals surface area (Å²) in [7, 11) is 3.19. The second-order valence-electron chi connectivity index (χ2n) is 6.01. The standard InChI is InChI=1S/C21H23NO3/c1-4-5-11-22-14-18(15-9-7-6-8-10-15)16-12-19(24-2)20(25-3)13-17(16)21(22)23/h6-10,12-14H,4-5,11H2,1-3H3. The number of benzene rings is 2. The van der Waals surface area contributed by atoms with Gasteiger partial charge in [0.1, 0.15) is 0 Å². The van der Waals surface area contributed by atoms with Crippen molar-refractivity contribution in [3.8, 4) is 22.6 Å². The van der Waals surface area contributed by atoms with Crippen LogP contribution >= 0.6 is 0 Å². The quantitative estimate of drug-likeness (QED) is 0.665. The van der Waals surface area contributed by atoms with E-state index in [4.69, 9.17) is 9.47 Å². The van der Waals surface area contributed by atoms with Crippen LogP contribution in [0.15, 0.2) is 53.5 Å². The molecule has 25 heavy (non-hydrogen) atoms. The molecule has 0 N–H and O–H groups in total. The minimum absolute atomic E-state index is 0.00378. The van der Waals surface area contributed by atoms with Crippen molar-refractivity contribution in [1.29, 1.82) is 0 Å². The van der Waals surface area contributed by atoms with Gasteiger partial charge in [-0.25, -0.2) is 0 Å². The summed E-state index contributed by atoms with van der Waals surface area (Å²) in [5.41, 5.74) is 2.10. The summed E-state index contributed by atoms with van der Waals surface area (Å²) in [6.07, 6.45) is 3.96. The van der Waals surface area contributed by atoms with Gasteiger partial charge in [-0.1, -0.05) is 43.7 Å². The number of aromatic nitrogens is 1. The van der Waals surface area contributed by atoms with E-state index in [0.29, 0.717) is 23.4 Å². The topological polar surface area (TPSA) is 40.5 Å². The lowest BCUT2D eigenvalue weighted by molar-refractivity contribution is 0.356. The molecule has 3 aromatic rings. The molecule has 1 heterocycles. The van der Waals surface area contributed by atoms with Crippen molar-refractivity contribution in [2.45, 2.75) is 26.3 Å². The SMILES string of the molecule is CCCCn1cc(-c2ccccc2)c2cc(OC)c(OC)cc2c1=O. The third-order valence-electron chi connectivity index (χ3n) is 4.43. The Bertz CT molecular complexity index is 929. The maximum Gasteiger partial charge on any atom is 0.258 e. The summed E-state index contributed by atoms with van der Waals surface area (Å²) in [4.78, 5) is 13.0. The predicted octanol–water partition coefficient (Wildman–Crippen LogP) is 4.49. The molecule has 0 aliphatic heterocycles. The van der Waals surface area contributed by atoms with Crippen molar-refractivity contribution in [3.63, 3.8) is 0 Å². The second kappa shape index (κ2) is 7.43. The van der Waals surface area contributed by atoms with Gasteiger partial charge in [0.05, 0.1) is 19.6 Å². The van der Waals surface area contributed by atoms with Gasteiger partial charge in [-0.05, 0) is 24.1 Å². The molecule has 0 radical (unpaired) electrons. The smallest absolute Gasteiger partial charge is 0.258 e. The summed E-state index contributed by atoms with van der Waals surface area (Å²) in [5, 5.41) is 1.52. The highest BCUT2D eigenvalue weighted by atomic mass is 16.5. The summed E-state index contributed by atoms with van der Waals surface area (Å²) >= 11 is 0. The number of unbranched alkanes of at least 4 members (excludes halogenated alkanes) is 1. The van der Waals surface area contributed by atoms with E-state index in [-0.39, 0.29) is 5.56 Å². The van der Waals surface area contributed by atoms with E-state index in [1.54, 1.807) is 24.9 Å². The van der Waals surface area contributed by atoms with Crippen LogP contribution < -0.4 is 15.0 Å². The Kier molecular flexibility index (Phi) is 5.08. The van der Waals surface area contributed by atoms with Gasteiger partial charge < -0.3 is 14.0 Å². The van der Waals surface area contributed by atoms with Gasteiger partial charge in [-0.15, -0.1) is 0 Å². The number of hydrogen-bond acceptors (Lipinski definition) is 3. The summed E-state index contributed by atoms with van der Waals surface area (Å²) in [6, 6.07) is 13.8. The molecular weight excluding hydrogens is 314 g/mol. The van der Waals surface area contributed by atoms with E-state index in [1.807, 2.05) is 30.5 Å². The second-order valence-corrected chi connectivity index (χ2v) is 6.01. The minimum atomic E-state index is 0.00378. The van der Waals surface area contributed by atoms with Crippen molar-refractivity contribution < 1.29 is 9.47 Å². The first kappa shape index (κ1) is 17.1. The Morgan fingerprint density at radius 1 is 0.960 bits per heavy atom. The molecule has 4 nitrogen and oxygen atoms in total. The maximum absolute atomic E-state index is 13.0. The molecule has 0 saturated carbocycles. The number of ether oxygens (including phenoxy) is 2. The lowest BCUT2D eigenvalue weighted by Crippen LogP contribution is -2.20. The fraction of sp³-hybridized carbons (Fsp3) is 0.286. The van der Waals surface area contributed by atoms with Crippen molar-refractivity contribution in [3.05, 3.63) is 59.0 Å². The molecule has 0 amide bonds. The van der Waals surface area contributed by atoms with Crippen molar-refractivity contribution in [2.75, 3.05) is 14.2 Å². The van der Waals surface area contributed by atoms with Crippen LogP contribution in [0.5, 0.6) is 11.5 Å². The number of fused-ring (bicyclic) bond motifs is 1. The zero-order valence-electron chi connectivity index (χ0n) is 14.9. The zero-order valence-corrected chi connectivity index (χ0v) is 14.9. The molecular formula is C21H23NO3. The number of hydrogen-bond donors (Lipinski definition) is 0. The molecule has 130 valence electrons. The van der Waals surface area contributed by atoms with Gasteiger partial charge in [-0.3, -0.25) is 4.79 Å². The molecule has 0 saturated heterocycles. The fourth-order valence-corrected chi connectivity index (χ4v) is 3.06. The van der Waals surface area contributed by atoms with E-state index in [1.165, 1.54) is 0 Å². The van der Waals surface area contributed by atoms with Crippen LogP contribution in [-0.2, 0) is 6.54 Å². The van der Waals surface area contributed by atoms with Gasteiger partial charge in [0.15, 0.2) is 11.5 Å². The van der Waals surface area contributed by atoms with Crippen molar-refractivity contribution >= 4 is 10.8 Å². The summed E-state index contributed by atoms with van der Waals surface area (Å²) in [6.45, 7) is 2.83. The molecule has 3 rings (SSSR count). The number of aryl methyl sites for hydroxylation is 1. The van der Waals surface area contributed by atoms with Gasteiger partial charge in [0.2, 0.25) is 0 Å². The largest absolute Gasteiger partial charge is 0.493 e. The van der Waals surface area contributed by atoms with E-state index < -0.39 is 0 Å². The summed E-state index contributed by atoms with van der Waals surface area (Å²) in [5.74, 6) is 1.19. The van der Waals surface area contributed by atoms with E-state index >= 15 is 0 Å². The first-order chi connectivity index (χ1) is 12.2. The molecule has 0 aliphatic rings. The third-order valence-corrected chi connectivity index (χ3v) is 4.43. The Hall–Kier alpha value is -2.75. The molecule has 0 atom stereocenters. The number of rotatable bonds is 6. The lowest BCUT2D eigenvalue weighted by Gasteiger charge is -2.15. The van der Waals surface area contributed by atoms with Gasteiger partial charge in [-0.2, -0.15) is 0 Å². The van der Waals surface area contributed by atoms with Gasteiger partial charge in [0, 0.05) is 23.7 Å². The number of nitrogens with zero attached hydrogens (tertiary/aromatic N) is 1. The van der Waals surface area contributed by atoms with Crippen LogP contribution in [0.3, 0.4) is 0 Å². The molecule has 1 aromatic heterocycles. The fourth-order valence-electron chi connectivity index (χ4n) is 3.06. The van der Waals surface area contributed by atoms with Gasteiger partial charge in [0.25, 0.3) is 5.56 Å². The Morgan fingerprint density at radius 2 is 1.60 bits per heavy atom. The van der Waals surface area contributed by atoms with Crippen LogP contribution in [0.2, 0.25) is 0 Å². The summed E-state index contributed by atoms with van der Waals surface area (Å²) < 4.78 is 12.6. The van der Waals surface area contributed by atoms with Crippen LogP contribution in [0.1, 0.15) is 19.8 Å². The lowest BCUT2D eigenvalue weighted by atomic mass is 10.00. The minimum Gasteiger partial charge on any atom is -0.493 e. The van der Waals surface area contributed by atoms with Crippen molar-refractivity contribution in [1.82, 2.24) is 4.57 Å². The average molecular weight is 337 g/mol. The normalized spacial score (nSPS) is 10.8. The average Bonchev–Trinajstić information content (AvgIpc) is 2.67. The van der Waals surface area contributed by atoms with Crippen LogP contribution in [0.4, 0.5) is 0 Å².